The molecule has 0 heterocycles. The number of rotatable bonds is 12. The molecule has 0 amide bonds. The number of benzene rings is 3. The van der Waals surface area contributed by atoms with Gasteiger partial charge in [0, 0.05) is 11.9 Å². The molecular formula is C27H31NO7. The average molecular weight is 482 g/mol. The number of nitrogens with one attached hydrogen (secondary N) is 1. The largest absolute Gasteiger partial charge is 0.485 e. The van der Waals surface area contributed by atoms with Crippen molar-refractivity contribution in [3.05, 3.63) is 72.8 Å². The molecule has 3 aromatic carbocycles. The number of aliphatic hydroxyl groups excluding tert-OH is 2. The molecule has 0 aromatic heterocycles. The van der Waals surface area contributed by atoms with Gasteiger partial charge < -0.3 is 24.4 Å². The van der Waals surface area contributed by atoms with Gasteiger partial charge in [-0.1, -0.05) is 68.4 Å². The van der Waals surface area contributed by atoms with Crippen LogP contribution in [-0.2, 0) is 14.3 Å². The van der Waals surface area contributed by atoms with Gasteiger partial charge in [-0.3, -0.25) is 5.32 Å². The molecule has 0 saturated carbocycles. The van der Waals surface area contributed by atoms with Crippen LogP contribution in [-0.4, -0.2) is 53.2 Å². The van der Waals surface area contributed by atoms with Crippen molar-refractivity contribution in [2.24, 2.45) is 0 Å². The topological polar surface area (TPSA) is 114 Å². The predicted molar refractivity (Wildman–Crippen MR) is 131 cm³/mol. The Bertz CT molecular complexity index is 1110. The zero-order valence-electron chi connectivity index (χ0n) is 19.8. The van der Waals surface area contributed by atoms with Crippen LogP contribution < -0.4 is 14.8 Å². The first-order chi connectivity index (χ1) is 16.9. The predicted octanol–water partition coefficient (Wildman–Crippen LogP) is 3.20. The first kappa shape index (κ1) is 26.2. The summed E-state index contributed by atoms with van der Waals surface area (Å²) in [5.41, 5.74) is -0.561. The molecule has 3 aromatic rings. The molecule has 3 N–H and O–H groups in total. The van der Waals surface area contributed by atoms with Crippen molar-refractivity contribution in [1.29, 1.82) is 0 Å². The van der Waals surface area contributed by atoms with E-state index < -0.39 is 29.7 Å². The molecule has 0 bridgehead atoms. The zero-order chi connectivity index (χ0) is 25.3. The molecule has 0 aliphatic heterocycles. The summed E-state index contributed by atoms with van der Waals surface area (Å²) < 4.78 is 16.4. The second kappa shape index (κ2) is 12.3. The van der Waals surface area contributed by atoms with Crippen LogP contribution in [0.4, 0.5) is 0 Å². The van der Waals surface area contributed by atoms with Gasteiger partial charge in [0.05, 0.1) is 0 Å². The number of esters is 2. The molecule has 8 heteroatoms. The Balaban J connectivity index is 1.52. The van der Waals surface area contributed by atoms with E-state index in [9.17, 15) is 19.8 Å². The van der Waals surface area contributed by atoms with Gasteiger partial charge in [0.15, 0.2) is 12.2 Å². The molecule has 186 valence electrons. The van der Waals surface area contributed by atoms with Crippen molar-refractivity contribution < 1.29 is 34.0 Å². The lowest BCUT2D eigenvalue weighted by Gasteiger charge is -2.33. The third kappa shape index (κ3) is 6.79. The van der Waals surface area contributed by atoms with Crippen LogP contribution in [0.5, 0.6) is 11.5 Å². The minimum absolute atomic E-state index is 0.181. The van der Waals surface area contributed by atoms with Gasteiger partial charge in [0.1, 0.15) is 23.8 Å². The first-order valence-corrected chi connectivity index (χ1v) is 11.6. The molecule has 0 fully saturated rings. The number of fused-ring (bicyclic) bond motifs is 1. The molecule has 8 nitrogen and oxygen atoms in total. The maximum Gasteiger partial charge on any atom is 0.343 e. The highest BCUT2D eigenvalue weighted by atomic mass is 16.6. The Hall–Kier alpha value is -3.46. The van der Waals surface area contributed by atoms with E-state index in [0.717, 1.165) is 16.5 Å². The Labute approximate surface area is 204 Å². The third-order valence-electron chi connectivity index (χ3n) is 5.87. The van der Waals surface area contributed by atoms with Gasteiger partial charge in [0.2, 0.25) is 0 Å². The number of carbonyl (C=O) groups excluding carboxylic acids is 2. The van der Waals surface area contributed by atoms with E-state index in [2.05, 4.69) is 5.32 Å². The van der Waals surface area contributed by atoms with Crippen LogP contribution in [0.25, 0.3) is 10.8 Å². The lowest BCUT2D eigenvalue weighted by Crippen LogP contribution is -2.47. The van der Waals surface area contributed by atoms with Crippen LogP contribution in [0.1, 0.15) is 26.7 Å². The summed E-state index contributed by atoms with van der Waals surface area (Å²) in [4.78, 5) is 24.1. The molecule has 2 unspecified atom stereocenters. The summed E-state index contributed by atoms with van der Waals surface area (Å²) in [6.45, 7) is 4.16. The molecule has 0 aliphatic carbocycles. The molecule has 0 saturated heterocycles. The van der Waals surface area contributed by atoms with Gasteiger partial charge in [-0.25, -0.2) is 9.59 Å². The summed E-state index contributed by atoms with van der Waals surface area (Å²) in [7, 11) is 0. The highest BCUT2D eigenvalue weighted by Crippen LogP contribution is 2.31. The summed E-state index contributed by atoms with van der Waals surface area (Å²) in [5, 5.41) is 25.1. The van der Waals surface area contributed by atoms with Crippen molar-refractivity contribution in [3.63, 3.8) is 0 Å². The summed E-state index contributed by atoms with van der Waals surface area (Å²) in [5.74, 6) is -1.36. The highest BCUT2D eigenvalue weighted by Gasteiger charge is 2.34. The van der Waals surface area contributed by atoms with E-state index in [4.69, 9.17) is 14.2 Å². The van der Waals surface area contributed by atoms with Crippen LogP contribution >= 0.6 is 0 Å². The molecule has 3 rings (SSSR count). The molecular weight excluding hydrogens is 450 g/mol. The van der Waals surface area contributed by atoms with E-state index in [0.29, 0.717) is 19.4 Å². The Morgan fingerprint density at radius 1 is 0.857 bits per heavy atom. The standard InChI is InChI=1S/C27H31NO7/c1-3-27(4-2,35-22-16-10-12-19-11-8-9-15-21(19)22)17-28-18-33-25(31)23(29)24(30)26(32)34-20-13-6-5-7-14-20/h5-16,23-24,28-30H,3-4,17-18H2,1-2H3. The van der Waals surface area contributed by atoms with Crippen LogP contribution in [0.3, 0.4) is 0 Å². The highest BCUT2D eigenvalue weighted by molar-refractivity contribution is 5.88. The Kier molecular flexibility index (Phi) is 9.19. The van der Waals surface area contributed by atoms with Crippen molar-refractivity contribution in [2.45, 2.75) is 44.5 Å². The van der Waals surface area contributed by atoms with Gasteiger partial charge >= 0.3 is 11.9 Å². The maximum atomic E-state index is 12.1. The minimum Gasteiger partial charge on any atom is -0.485 e. The van der Waals surface area contributed by atoms with Crippen LogP contribution in [0.15, 0.2) is 72.8 Å². The van der Waals surface area contributed by atoms with Gasteiger partial charge in [-0.2, -0.15) is 0 Å². The fourth-order valence-corrected chi connectivity index (χ4v) is 3.61. The van der Waals surface area contributed by atoms with Gasteiger partial charge in [-0.05, 0) is 36.4 Å². The molecule has 0 radical (unpaired) electrons. The van der Waals surface area contributed by atoms with Gasteiger partial charge in [0.25, 0.3) is 0 Å². The smallest absolute Gasteiger partial charge is 0.343 e. The number of hydrogen-bond acceptors (Lipinski definition) is 8. The lowest BCUT2D eigenvalue weighted by molar-refractivity contribution is -0.169. The molecule has 35 heavy (non-hydrogen) atoms. The number of carbonyl (C=O) groups is 2. The van der Waals surface area contributed by atoms with Crippen molar-refractivity contribution >= 4 is 22.7 Å². The minimum atomic E-state index is -2.08. The average Bonchev–Trinajstić information content (AvgIpc) is 2.90. The van der Waals surface area contributed by atoms with Crippen molar-refractivity contribution in [3.8, 4) is 11.5 Å². The van der Waals surface area contributed by atoms with Crippen molar-refractivity contribution in [2.75, 3.05) is 13.3 Å². The van der Waals surface area contributed by atoms with Gasteiger partial charge in [-0.15, -0.1) is 0 Å². The maximum absolute atomic E-state index is 12.1. The number of ether oxygens (including phenoxy) is 3. The summed E-state index contributed by atoms with van der Waals surface area (Å²) in [6, 6.07) is 21.9. The van der Waals surface area contributed by atoms with E-state index in [-0.39, 0.29) is 12.5 Å². The van der Waals surface area contributed by atoms with Crippen LogP contribution in [0.2, 0.25) is 0 Å². The monoisotopic (exact) mass is 481 g/mol. The second-order valence-corrected chi connectivity index (χ2v) is 8.13. The quantitative estimate of drug-likeness (QED) is 0.156. The third-order valence-corrected chi connectivity index (χ3v) is 5.87. The SMILES string of the molecule is CCC(CC)(CNCOC(=O)C(O)C(O)C(=O)Oc1ccccc1)Oc1cccc2ccccc12. The lowest BCUT2D eigenvalue weighted by atomic mass is 9.96. The molecule has 2 atom stereocenters. The summed E-state index contributed by atoms with van der Waals surface area (Å²) >= 11 is 0. The van der Waals surface area contributed by atoms with E-state index in [1.165, 1.54) is 12.1 Å². The summed E-state index contributed by atoms with van der Waals surface area (Å²) in [6.07, 6.45) is -2.77. The van der Waals surface area contributed by atoms with Crippen molar-refractivity contribution in [1.82, 2.24) is 5.32 Å². The molecule has 0 aliphatic rings. The Morgan fingerprint density at radius 3 is 2.20 bits per heavy atom. The number of aliphatic hydroxyl groups is 2. The van der Waals surface area contributed by atoms with Crippen LogP contribution in [0, 0.1) is 0 Å². The Morgan fingerprint density at radius 2 is 1.49 bits per heavy atom. The fraction of sp³-hybridized carbons (Fsp3) is 0.333. The fourth-order valence-electron chi connectivity index (χ4n) is 3.61. The van der Waals surface area contributed by atoms with E-state index >= 15 is 0 Å². The second-order valence-electron chi connectivity index (χ2n) is 8.13. The molecule has 0 spiro atoms. The first-order valence-electron chi connectivity index (χ1n) is 11.6. The normalized spacial score (nSPS) is 13.1. The van der Waals surface area contributed by atoms with E-state index in [1.807, 2.05) is 56.3 Å². The zero-order valence-corrected chi connectivity index (χ0v) is 19.8. The number of para-hydroxylation sites is 1. The number of hydrogen-bond donors (Lipinski definition) is 3. The van der Waals surface area contributed by atoms with E-state index in [1.54, 1.807) is 18.2 Å².